The average Bonchev–Trinajstić information content (AvgIpc) is 3.35. The Bertz CT molecular complexity index is 1130. The Kier molecular flexibility index (Phi) is 4.93. The molecule has 0 radical (unpaired) electrons. The van der Waals surface area contributed by atoms with E-state index in [1.54, 1.807) is 24.0 Å². The highest BCUT2D eigenvalue weighted by atomic mass is 32.1. The minimum absolute atomic E-state index is 0.213. The van der Waals surface area contributed by atoms with Crippen LogP contribution in [0.3, 0.4) is 0 Å². The lowest BCUT2D eigenvalue weighted by molar-refractivity contribution is 0.157. The van der Waals surface area contributed by atoms with Gasteiger partial charge in [0.2, 0.25) is 10.9 Å². The molecule has 1 aliphatic rings. The Balaban J connectivity index is 1.40. The molecule has 4 heterocycles. The van der Waals surface area contributed by atoms with Crippen LogP contribution in [0.2, 0.25) is 0 Å². The van der Waals surface area contributed by atoms with Crippen molar-refractivity contribution < 1.29 is 9.47 Å². The Hall–Kier alpha value is -3.24. The second kappa shape index (κ2) is 7.88. The molecule has 9 nitrogen and oxygen atoms in total. The summed E-state index contributed by atoms with van der Waals surface area (Å²) in [7, 11) is 1.66. The van der Waals surface area contributed by atoms with Gasteiger partial charge in [-0.05, 0) is 44.1 Å². The SMILES string of the molecule is COc1cc(-c2nn3cc(-c4cnc(N)nc4)nc3s2)ccc1OC1CCNCC1. The summed E-state index contributed by atoms with van der Waals surface area (Å²) in [5, 5.41) is 8.87. The van der Waals surface area contributed by atoms with Gasteiger partial charge in [-0.2, -0.15) is 5.10 Å². The maximum atomic E-state index is 6.16. The molecular weight excluding hydrogens is 402 g/mol. The molecule has 0 bridgehead atoms. The summed E-state index contributed by atoms with van der Waals surface area (Å²) in [5.41, 5.74) is 8.06. The lowest BCUT2D eigenvalue weighted by Gasteiger charge is -2.24. The highest BCUT2D eigenvalue weighted by Gasteiger charge is 2.18. The van der Waals surface area contributed by atoms with E-state index in [1.807, 2.05) is 24.4 Å². The van der Waals surface area contributed by atoms with Crippen molar-refractivity contribution in [2.24, 2.45) is 0 Å². The number of ether oxygens (including phenoxy) is 2. The molecule has 1 aromatic carbocycles. The molecule has 154 valence electrons. The van der Waals surface area contributed by atoms with Crippen molar-refractivity contribution in [2.75, 3.05) is 25.9 Å². The van der Waals surface area contributed by atoms with Gasteiger partial charge in [-0.15, -0.1) is 0 Å². The summed E-state index contributed by atoms with van der Waals surface area (Å²) < 4.78 is 13.5. The maximum Gasteiger partial charge on any atom is 0.219 e. The van der Waals surface area contributed by atoms with Crippen molar-refractivity contribution in [1.29, 1.82) is 0 Å². The molecule has 0 unspecified atom stereocenters. The molecule has 30 heavy (non-hydrogen) atoms. The number of benzene rings is 1. The largest absolute Gasteiger partial charge is 0.493 e. The maximum absolute atomic E-state index is 6.16. The first-order valence-corrected chi connectivity index (χ1v) is 10.5. The van der Waals surface area contributed by atoms with E-state index in [-0.39, 0.29) is 12.1 Å². The van der Waals surface area contributed by atoms with Crippen molar-refractivity contribution >= 4 is 22.2 Å². The van der Waals surface area contributed by atoms with Gasteiger partial charge >= 0.3 is 0 Å². The smallest absolute Gasteiger partial charge is 0.219 e. The van der Waals surface area contributed by atoms with Gasteiger partial charge in [-0.1, -0.05) is 11.3 Å². The molecule has 1 aliphatic heterocycles. The lowest BCUT2D eigenvalue weighted by atomic mass is 10.1. The topological polar surface area (TPSA) is 112 Å². The Morgan fingerprint density at radius 3 is 2.67 bits per heavy atom. The molecule has 3 N–H and O–H groups in total. The molecule has 5 rings (SSSR count). The van der Waals surface area contributed by atoms with Crippen molar-refractivity contribution in [3.05, 3.63) is 36.8 Å². The van der Waals surface area contributed by atoms with Crippen LogP contribution >= 0.6 is 11.3 Å². The molecule has 3 aromatic heterocycles. The fourth-order valence-electron chi connectivity index (χ4n) is 3.42. The molecule has 0 aliphatic carbocycles. The predicted molar refractivity (Wildman–Crippen MR) is 115 cm³/mol. The van der Waals surface area contributed by atoms with Crippen molar-refractivity contribution in [1.82, 2.24) is 29.9 Å². The van der Waals surface area contributed by atoms with E-state index < -0.39 is 0 Å². The number of methoxy groups -OCH3 is 1. The number of fused-ring (bicyclic) bond motifs is 1. The van der Waals surface area contributed by atoms with Gasteiger partial charge < -0.3 is 20.5 Å². The average molecular weight is 424 g/mol. The zero-order chi connectivity index (χ0) is 20.5. The molecule has 0 saturated carbocycles. The number of hydrogen-bond donors (Lipinski definition) is 2. The van der Waals surface area contributed by atoms with E-state index in [4.69, 9.17) is 15.2 Å². The molecular formula is C20H21N7O2S. The van der Waals surface area contributed by atoms with E-state index >= 15 is 0 Å². The fourth-order valence-corrected chi connectivity index (χ4v) is 4.29. The van der Waals surface area contributed by atoms with Crippen LogP contribution in [0, 0.1) is 0 Å². The molecule has 4 aromatic rings. The van der Waals surface area contributed by atoms with Crippen LogP contribution < -0.4 is 20.5 Å². The zero-order valence-electron chi connectivity index (χ0n) is 16.4. The fraction of sp³-hybridized carbons (Fsp3) is 0.300. The Morgan fingerprint density at radius 2 is 1.93 bits per heavy atom. The van der Waals surface area contributed by atoms with Gasteiger partial charge in [0, 0.05) is 23.5 Å². The first-order chi connectivity index (χ1) is 14.7. The van der Waals surface area contributed by atoms with E-state index in [1.165, 1.54) is 11.3 Å². The van der Waals surface area contributed by atoms with Gasteiger partial charge in [-0.25, -0.2) is 19.5 Å². The number of imidazole rings is 1. The number of hydrogen-bond acceptors (Lipinski definition) is 9. The van der Waals surface area contributed by atoms with Crippen molar-refractivity contribution in [3.8, 4) is 33.3 Å². The van der Waals surface area contributed by atoms with Gasteiger partial charge in [0.25, 0.3) is 0 Å². The number of rotatable bonds is 5. The number of nitrogens with one attached hydrogen (secondary N) is 1. The third kappa shape index (κ3) is 3.66. The van der Waals surface area contributed by atoms with Crippen molar-refractivity contribution in [3.63, 3.8) is 0 Å². The monoisotopic (exact) mass is 423 g/mol. The number of anilines is 1. The second-order valence-corrected chi connectivity index (χ2v) is 7.98. The Labute approximate surface area is 176 Å². The summed E-state index contributed by atoms with van der Waals surface area (Å²) in [5.74, 6) is 1.71. The minimum atomic E-state index is 0.213. The minimum Gasteiger partial charge on any atom is -0.493 e. The van der Waals surface area contributed by atoms with E-state index in [9.17, 15) is 0 Å². The lowest BCUT2D eigenvalue weighted by Crippen LogP contribution is -2.34. The third-order valence-corrected chi connectivity index (χ3v) is 5.97. The molecule has 0 amide bonds. The summed E-state index contributed by atoms with van der Waals surface area (Å²) in [6, 6.07) is 5.92. The zero-order valence-corrected chi connectivity index (χ0v) is 17.2. The number of aromatic nitrogens is 5. The third-order valence-electron chi connectivity index (χ3n) is 5.00. The van der Waals surface area contributed by atoms with Crippen LogP contribution in [0.5, 0.6) is 11.5 Å². The highest BCUT2D eigenvalue weighted by molar-refractivity contribution is 7.19. The van der Waals surface area contributed by atoms with Crippen LogP contribution in [0.1, 0.15) is 12.8 Å². The van der Waals surface area contributed by atoms with Crippen LogP contribution in [-0.4, -0.2) is 50.9 Å². The molecule has 1 fully saturated rings. The van der Waals surface area contributed by atoms with Gasteiger partial charge in [-0.3, -0.25) is 0 Å². The Morgan fingerprint density at radius 1 is 1.13 bits per heavy atom. The summed E-state index contributed by atoms with van der Waals surface area (Å²) in [6.45, 7) is 1.96. The summed E-state index contributed by atoms with van der Waals surface area (Å²) >= 11 is 1.50. The van der Waals surface area contributed by atoms with Crippen LogP contribution in [-0.2, 0) is 0 Å². The van der Waals surface area contributed by atoms with Crippen LogP contribution in [0.15, 0.2) is 36.8 Å². The van der Waals surface area contributed by atoms with E-state index in [0.29, 0.717) is 5.75 Å². The summed E-state index contributed by atoms with van der Waals surface area (Å²) in [6.07, 6.45) is 7.37. The predicted octanol–water partition coefficient (Wildman–Crippen LogP) is 2.64. The number of nitrogens with zero attached hydrogens (tertiary/aromatic N) is 5. The van der Waals surface area contributed by atoms with Gasteiger partial charge in [0.05, 0.1) is 19.0 Å². The second-order valence-electron chi connectivity index (χ2n) is 7.02. The quantitative estimate of drug-likeness (QED) is 0.504. The standard InChI is InChI=1S/C20H21N7O2S/c1-28-17-8-12(2-3-16(17)29-14-4-6-22-7-5-14)18-26-27-11-15(25-20(27)30-18)13-9-23-19(21)24-10-13/h2-3,8-11,14,22H,4-7H2,1H3,(H2,21,23,24). The first-order valence-electron chi connectivity index (χ1n) is 9.69. The molecule has 0 atom stereocenters. The highest BCUT2D eigenvalue weighted by Crippen LogP contribution is 2.35. The molecule has 10 heteroatoms. The molecule has 0 spiro atoms. The van der Waals surface area contributed by atoms with Crippen molar-refractivity contribution in [2.45, 2.75) is 18.9 Å². The molecule has 1 saturated heterocycles. The van der Waals surface area contributed by atoms with E-state index in [2.05, 4.69) is 25.4 Å². The van der Waals surface area contributed by atoms with Gasteiger partial charge in [0.1, 0.15) is 11.1 Å². The summed E-state index contributed by atoms with van der Waals surface area (Å²) in [4.78, 5) is 13.4. The number of piperidine rings is 1. The van der Waals surface area contributed by atoms with Gasteiger partial charge in [0.15, 0.2) is 11.5 Å². The normalized spacial score (nSPS) is 14.8. The first kappa shape index (κ1) is 18.8. The van der Waals surface area contributed by atoms with Crippen LogP contribution in [0.25, 0.3) is 26.8 Å². The number of nitrogens with two attached hydrogens (primary N) is 1. The van der Waals surface area contributed by atoms with E-state index in [0.717, 1.165) is 58.5 Å². The number of nitrogen functional groups attached to an aromatic ring is 1. The van der Waals surface area contributed by atoms with Crippen LogP contribution in [0.4, 0.5) is 5.95 Å².